The van der Waals surface area contributed by atoms with E-state index in [4.69, 9.17) is 9.47 Å². The number of piperidine rings is 2. The Morgan fingerprint density at radius 2 is 1.03 bits per heavy atom. The second-order valence-electron chi connectivity index (χ2n) is 9.22. The van der Waals surface area contributed by atoms with Gasteiger partial charge < -0.3 is 9.47 Å². The van der Waals surface area contributed by atoms with Gasteiger partial charge in [-0.05, 0) is 76.1 Å². The normalized spacial score (nSPS) is 17.3. The minimum absolute atomic E-state index is 0.344. The summed E-state index contributed by atoms with van der Waals surface area (Å²) in [4.78, 5) is 30.6. The molecule has 182 valence electrons. The summed E-state index contributed by atoms with van der Waals surface area (Å²) < 4.78 is 11.7. The van der Waals surface area contributed by atoms with Crippen LogP contribution in [0.3, 0.4) is 0 Å². The van der Waals surface area contributed by atoms with Crippen LogP contribution in [0.4, 0.5) is 0 Å². The maximum atomic E-state index is 12.9. The lowest BCUT2D eigenvalue weighted by molar-refractivity contribution is 0.0816. The van der Waals surface area contributed by atoms with Crippen molar-refractivity contribution in [2.24, 2.45) is 0 Å². The molecular weight excluding hydrogens is 428 g/mol. The first-order valence-electron chi connectivity index (χ1n) is 12.7. The molecule has 0 saturated carbocycles. The average molecular weight is 465 g/mol. The quantitative estimate of drug-likeness (QED) is 0.361. The van der Waals surface area contributed by atoms with Crippen LogP contribution in [0.1, 0.15) is 59.2 Å². The van der Waals surface area contributed by atoms with E-state index in [0.717, 1.165) is 39.3 Å². The van der Waals surface area contributed by atoms with Gasteiger partial charge in [-0.1, -0.05) is 37.1 Å². The first-order valence-corrected chi connectivity index (χ1v) is 12.7. The summed E-state index contributed by atoms with van der Waals surface area (Å²) in [6.45, 7) is 7.39. The van der Waals surface area contributed by atoms with Crippen molar-refractivity contribution in [3.05, 3.63) is 59.7 Å². The fourth-order valence-corrected chi connectivity index (χ4v) is 4.67. The van der Waals surface area contributed by atoms with Gasteiger partial charge in [0.2, 0.25) is 11.6 Å². The molecule has 4 rings (SSSR count). The zero-order valence-electron chi connectivity index (χ0n) is 20.0. The molecule has 2 aliphatic heterocycles. The van der Waals surface area contributed by atoms with Crippen molar-refractivity contribution in [1.29, 1.82) is 0 Å². The van der Waals surface area contributed by atoms with E-state index in [1.165, 1.54) is 38.5 Å². The third-order valence-electron chi connectivity index (χ3n) is 6.65. The second kappa shape index (κ2) is 12.7. The van der Waals surface area contributed by atoms with Crippen molar-refractivity contribution in [2.75, 3.05) is 52.5 Å². The zero-order valence-corrected chi connectivity index (χ0v) is 20.0. The average Bonchev–Trinajstić information content (AvgIpc) is 2.89. The van der Waals surface area contributed by atoms with Gasteiger partial charge in [-0.25, -0.2) is 0 Å². The summed E-state index contributed by atoms with van der Waals surface area (Å²) in [5, 5.41) is 0. The van der Waals surface area contributed by atoms with Crippen LogP contribution in [-0.4, -0.2) is 73.8 Å². The molecule has 2 aliphatic rings. The number of carbonyl (C=O) groups excluding carboxylic acids is 2. The van der Waals surface area contributed by atoms with Crippen molar-refractivity contribution < 1.29 is 19.1 Å². The lowest BCUT2D eigenvalue weighted by Crippen LogP contribution is -2.33. The van der Waals surface area contributed by atoms with E-state index in [0.29, 0.717) is 35.8 Å². The monoisotopic (exact) mass is 464 g/mol. The Hall–Kier alpha value is -2.70. The number of hydrogen-bond acceptors (Lipinski definition) is 6. The van der Waals surface area contributed by atoms with E-state index in [1.54, 1.807) is 36.4 Å². The smallest absolute Gasteiger partial charge is 0.233 e. The van der Waals surface area contributed by atoms with Crippen LogP contribution < -0.4 is 9.47 Å². The van der Waals surface area contributed by atoms with Gasteiger partial charge in [0, 0.05) is 24.2 Å². The molecule has 0 amide bonds. The summed E-state index contributed by atoms with van der Waals surface area (Å²) in [6.07, 6.45) is 7.60. The van der Waals surface area contributed by atoms with Crippen LogP contribution >= 0.6 is 0 Å². The Balaban J connectivity index is 1.29. The number of ketones is 2. The van der Waals surface area contributed by atoms with Crippen molar-refractivity contribution >= 4 is 11.6 Å². The fourth-order valence-electron chi connectivity index (χ4n) is 4.67. The van der Waals surface area contributed by atoms with E-state index in [1.807, 2.05) is 12.1 Å². The summed E-state index contributed by atoms with van der Waals surface area (Å²) in [7, 11) is 0. The number of hydrogen-bond donors (Lipinski definition) is 0. The van der Waals surface area contributed by atoms with Crippen molar-refractivity contribution in [3.63, 3.8) is 0 Å². The van der Waals surface area contributed by atoms with Gasteiger partial charge in [-0.2, -0.15) is 0 Å². The molecule has 0 aromatic heterocycles. The Kier molecular flexibility index (Phi) is 9.11. The molecule has 2 heterocycles. The first kappa shape index (κ1) is 24.4. The third-order valence-corrected chi connectivity index (χ3v) is 6.65. The fraction of sp³-hybridized carbons (Fsp3) is 0.500. The topological polar surface area (TPSA) is 59.1 Å². The summed E-state index contributed by atoms with van der Waals surface area (Å²) in [5.74, 6) is 0.162. The number of benzene rings is 2. The molecule has 0 unspecified atom stereocenters. The van der Waals surface area contributed by atoms with E-state index >= 15 is 0 Å². The maximum Gasteiger partial charge on any atom is 0.233 e. The Morgan fingerprint density at radius 1 is 0.618 bits per heavy atom. The number of carbonyl (C=O) groups is 2. The molecule has 0 bridgehead atoms. The Labute approximate surface area is 202 Å². The highest BCUT2D eigenvalue weighted by Gasteiger charge is 2.20. The Morgan fingerprint density at radius 3 is 1.44 bits per heavy atom. The van der Waals surface area contributed by atoms with E-state index in [9.17, 15) is 9.59 Å². The Bertz CT molecular complexity index is 871. The number of Topliss-reactive ketones (excluding diaryl/α,β-unsaturated/α-hetero) is 2. The summed E-state index contributed by atoms with van der Waals surface area (Å²) >= 11 is 0. The van der Waals surface area contributed by atoms with E-state index in [2.05, 4.69) is 9.80 Å². The molecular formula is C28H36N2O4. The van der Waals surface area contributed by atoms with Crippen LogP contribution in [0, 0.1) is 0 Å². The molecule has 6 heteroatoms. The minimum atomic E-state index is -0.535. The standard InChI is InChI=1S/C28H36N2O4/c31-27(23-9-7-11-25(21-23)33-19-17-29-13-3-1-4-14-29)28(32)24-10-8-12-26(22-24)34-20-18-30-15-5-2-6-16-30/h7-12,21-22H,1-6,13-20H2. The predicted molar refractivity (Wildman–Crippen MR) is 133 cm³/mol. The van der Waals surface area contributed by atoms with Crippen LogP contribution in [-0.2, 0) is 0 Å². The molecule has 34 heavy (non-hydrogen) atoms. The zero-order chi connectivity index (χ0) is 23.6. The van der Waals surface area contributed by atoms with Gasteiger partial charge in [0.15, 0.2) is 0 Å². The molecule has 0 aliphatic carbocycles. The highest BCUT2D eigenvalue weighted by atomic mass is 16.5. The molecule has 2 aromatic carbocycles. The first-order chi connectivity index (χ1) is 16.7. The van der Waals surface area contributed by atoms with Gasteiger partial charge in [0.1, 0.15) is 24.7 Å². The van der Waals surface area contributed by atoms with Crippen molar-refractivity contribution in [1.82, 2.24) is 9.80 Å². The van der Waals surface area contributed by atoms with E-state index < -0.39 is 11.6 Å². The summed E-state index contributed by atoms with van der Waals surface area (Å²) in [6, 6.07) is 13.8. The largest absolute Gasteiger partial charge is 0.492 e. The lowest BCUT2D eigenvalue weighted by Gasteiger charge is -2.26. The van der Waals surface area contributed by atoms with Gasteiger partial charge in [-0.15, -0.1) is 0 Å². The molecule has 0 atom stereocenters. The van der Waals surface area contributed by atoms with Gasteiger partial charge in [-0.3, -0.25) is 19.4 Å². The van der Waals surface area contributed by atoms with Crippen LogP contribution in [0.2, 0.25) is 0 Å². The molecule has 0 N–H and O–H groups in total. The van der Waals surface area contributed by atoms with E-state index in [-0.39, 0.29) is 0 Å². The van der Waals surface area contributed by atoms with Crippen LogP contribution in [0.5, 0.6) is 11.5 Å². The predicted octanol–water partition coefficient (Wildman–Crippen LogP) is 4.48. The SMILES string of the molecule is O=C(C(=O)c1cccc(OCCN2CCCCC2)c1)c1cccc(OCCN2CCCCC2)c1. The molecule has 2 saturated heterocycles. The molecule has 0 spiro atoms. The third kappa shape index (κ3) is 7.15. The molecule has 0 radical (unpaired) electrons. The maximum absolute atomic E-state index is 12.9. The molecule has 2 aromatic rings. The number of nitrogens with zero attached hydrogens (tertiary/aromatic N) is 2. The summed E-state index contributed by atoms with van der Waals surface area (Å²) in [5.41, 5.74) is 0.689. The lowest BCUT2D eigenvalue weighted by atomic mass is 10.0. The molecule has 6 nitrogen and oxygen atoms in total. The van der Waals surface area contributed by atoms with Gasteiger partial charge >= 0.3 is 0 Å². The number of ether oxygens (including phenoxy) is 2. The number of rotatable bonds is 11. The van der Waals surface area contributed by atoms with Crippen LogP contribution in [0.15, 0.2) is 48.5 Å². The second-order valence-corrected chi connectivity index (χ2v) is 9.22. The van der Waals surface area contributed by atoms with Gasteiger partial charge in [0.25, 0.3) is 0 Å². The van der Waals surface area contributed by atoms with Gasteiger partial charge in [0.05, 0.1) is 0 Å². The highest BCUT2D eigenvalue weighted by Crippen LogP contribution is 2.19. The van der Waals surface area contributed by atoms with Crippen molar-refractivity contribution in [3.8, 4) is 11.5 Å². The van der Waals surface area contributed by atoms with Crippen molar-refractivity contribution in [2.45, 2.75) is 38.5 Å². The van der Waals surface area contributed by atoms with Crippen LogP contribution in [0.25, 0.3) is 0 Å². The minimum Gasteiger partial charge on any atom is -0.492 e. The highest BCUT2D eigenvalue weighted by molar-refractivity contribution is 6.49. The molecule has 2 fully saturated rings. The number of likely N-dealkylation sites (tertiary alicyclic amines) is 2.